The van der Waals surface area contributed by atoms with Crippen molar-refractivity contribution in [3.05, 3.63) is 17.0 Å². The summed E-state index contributed by atoms with van der Waals surface area (Å²) < 4.78 is 28.8. The van der Waals surface area contributed by atoms with Gasteiger partial charge in [-0.25, -0.2) is 13.6 Å². The number of fused-ring (bicyclic) bond motifs is 1. The molecule has 0 bridgehead atoms. The first-order valence-corrected chi connectivity index (χ1v) is 7.32. The van der Waals surface area contributed by atoms with Crippen LogP contribution in [0, 0.1) is 0 Å². The van der Waals surface area contributed by atoms with Gasteiger partial charge in [0.15, 0.2) is 9.96 Å². The number of hydrogen-bond acceptors (Lipinski definition) is 5. The smallest absolute Gasteiger partial charge is 0.251 e. The van der Waals surface area contributed by atoms with Crippen molar-refractivity contribution in [3.63, 3.8) is 0 Å². The molecular formula is C8H9NO3S3. The first-order valence-electron chi connectivity index (χ1n) is 4.08. The number of thiophene rings is 1. The monoisotopic (exact) mass is 263 g/mol. The quantitative estimate of drug-likeness (QED) is 0.879. The molecule has 7 heteroatoms. The molecule has 1 aromatic heterocycles. The van der Waals surface area contributed by atoms with Crippen LogP contribution in [0.25, 0.3) is 0 Å². The second kappa shape index (κ2) is 3.82. The SMILES string of the molecule is COc1c(S(N)(=O)=O)sc2c1CC=CS2. The molecule has 1 aliphatic heterocycles. The highest BCUT2D eigenvalue weighted by atomic mass is 32.3. The summed E-state index contributed by atoms with van der Waals surface area (Å²) in [6.07, 6.45) is 2.66. The van der Waals surface area contributed by atoms with Crippen LogP contribution in [0.1, 0.15) is 5.56 Å². The molecule has 0 saturated carbocycles. The van der Waals surface area contributed by atoms with Crippen LogP contribution < -0.4 is 9.88 Å². The normalized spacial score (nSPS) is 15.1. The first-order chi connectivity index (χ1) is 7.04. The van der Waals surface area contributed by atoms with Crippen molar-refractivity contribution in [2.24, 2.45) is 5.14 Å². The van der Waals surface area contributed by atoms with Crippen molar-refractivity contribution in [1.29, 1.82) is 0 Å². The van der Waals surface area contributed by atoms with Crippen molar-refractivity contribution in [1.82, 2.24) is 0 Å². The average Bonchev–Trinajstić information content (AvgIpc) is 2.55. The van der Waals surface area contributed by atoms with E-state index in [0.717, 1.165) is 9.77 Å². The molecule has 15 heavy (non-hydrogen) atoms. The standard InChI is InChI=1S/C8H9NO3S3/c1-12-6-5-3-2-4-13-7(5)14-8(6)15(9,10)11/h2,4H,3H2,1H3,(H2,9,10,11). The van der Waals surface area contributed by atoms with Crippen LogP contribution in [0.4, 0.5) is 0 Å². The van der Waals surface area contributed by atoms with Gasteiger partial charge in [-0.05, 0) is 11.8 Å². The zero-order valence-electron chi connectivity index (χ0n) is 7.89. The van der Waals surface area contributed by atoms with Gasteiger partial charge >= 0.3 is 0 Å². The highest BCUT2D eigenvalue weighted by Gasteiger charge is 2.26. The fourth-order valence-corrected chi connectivity index (χ4v) is 4.70. The van der Waals surface area contributed by atoms with E-state index in [0.29, 0.717) is 12.2 Å². The second-order valence-corrected chi connectivity index (χ2v) is 6.88. The minimum Gasteiger partial charge on any atom is -0.494 e. The average molecular weight is 263 g/mol. The number of nitrogens with two attached hydrogens (primary N) is 1. The van der Waals surface area contributed by atoms with Crippen molar-refractivity contribution >= 4 is 33.1 Å². The lowest BCUT2D eigenvalue weighted by Gasteiger charge is -2.06. The maximum absolute atomic E-state index is 11.3. The predicted octanol–water partition coefficient (Wildman–Crippen LogP) is 1.57. The van der Waals surface area contributed by atoms with E-state index in [1.54, 1.807) is 0 Å². The van der Waals surface area contributed by atoms with Crippen LogP contribution in [-0.4, -0.2) is 15.5 Å². The Morgan fingerprint density at radius 2 is 2.27 bits per heavy atom. The van der Waals surface area contributed by atoms with E-state index in [1.165, 1.54) is 30.2 Å². The third-order valence-electron chi connectivity index (χ3n) is 1.95. The molecule has 0 radical (unpaired) electrons. The Kier molecular flexibility index (Phi) is 2.80. The van der Waals surface area contributed by atoms with Gasteiger partial charge in [0.2, 0.25) is 0 Å². The van der Waals surface area contributed by atoms with E-state index < -0.39 is 10.0 Å². The topological polar surface area (TPSA) is 69.4 Å². The number of primary sulfonamides is 1. The molecule has 0 aromatic carbocycles. The first kappa shape index (κ1) is 11.0. The number of thioether (sulfide) groups is 1. The van der Waals surface area contributed by atoms with Crippen molar-refractivity contribution < 1.29 is 13.2 Å². The molecule has 0 aliphatic carbocycles. The largest absolute Gasteiger partial charge is 0.494 e. The summed E-state index contributed by atoms with van der Waals surface area (Å²) in [5.41, 5.74) is 0.916. The molecule has 0 unspecified atom stereocenters. The van der Waals surface area contributed by atoms with Gasteiger partial charge in [0.1, 0.15) is 0 Å². The number of hydrogen-bond donors (Lipinski definition) is 1. The fraction of sp³-hybridized carbons (Fsp3) is 0.250. The number of ether oxygens (including phenoxy) is 1. The van der Waals surface area contributed by atoms with Crippen LogP contribution in [0.5, 0.6) is 5.75 Å². The van der Waals surface area contributed by atoms with E-state index >= 15 is 0 Å². The fourth-order valence-electron chi connectivity index (χ4n) is 1.35. The summed E-state index contributed by atoms with van der Waals surface area (Å²) in [6, 6.07) is 0. The van der Waals surface area contributed by atoms with Gasteiger partial charge in [-0.15, -0.1) is 11.3 Å². The molecule has 2 heterocycles. The predicted molar refractivity (Wildman–Crippen MR) is 60.9 cm³/mol. The molecule has 1 aliphatic rings. The van der Waals surface area contributed by atoms with Gasteiger partial charge < -0.3 is 4.74 Å². The van der Waals surface area contributed by atoms with Crippen LogP contribution in [0.2, 0.25) is 0 Å². The molecule has 0 spiro atoms. The molecule has 0 saturated heterocycles. The number of methoxy groups -OCH3 is 1. The molecule has 4 nitrogen and oxygen atoms in total. The van der Waals surface area contributed by atoms with E-state index in [-0.39, 0.29) is 4.21 Å². The summed E-state index contributed by atoms with van der Waals surface area (Å²) >= 11 is 2.66. The minimum absolute atomic E-state index is 0.117. The maximum atomic E-state index is 11.3. The minimum atomic E-state index is -3.69. The van der Waals surface area contributed by atoms with Gasteiger partial charge in [-0.3, -0.25) is 0 Å². The van der Waals surface area contributed by atoms with Gasteiger partial charge in [-0.1, -0.05) is 17.8 Å². The van der Waals surface area contributed by atoms with E-state index in [1.807, 2.05) is 11.5 Å². The summed E-state index contributed by atoms with van der Waals surface area (Å²) in [5, 5.41) is 7.05. The van der Waals surface area contributed by atoms with Crippen molar-refractivity contribution in [3.8, 4) is 5.75 Å². The number of rotatable bonds is 2. The van der Waals surface area contributed by atoms with E-state index in [9.17, 15) is 8.42 Å². The van der Waals surface area contributed by atoms with E-state index in [4.69, 9.17) is 9.88 Å². The highest BCUT2D eigenvalue weighted by molar-refractivity contribution is 8.04. The Morgan fingerprint density at radius 3 is 2.87 bits per heavy atom. The van der Waals surface area contributed by atoms with Gasteiger partial charge in [-0.2, -0.15) is 0 Å². The van der Waals surface area contributed by atoms with Crippen molar-refractivity contribution in [2.75, 3.05) is 7.11 Å². The third-order valence-corrected chi connectivity index (χ3v) is 5.73. The Bertz CT molecular complexity index is 515. The molecule has 82 valence electrons. The number of sulfonamides is 1. The van der Waals surface area contributed by atoms with Crippen LogP contribution in [0.3, 0.4) is 0 Å². The zero-order chi connectivity index (χ0) is 11.1. The Morgan fingerprint density at radius 1 is 1.53 bits per heavy atom. The van der Waals surface area contributed by atoms with Crippen LogP contribution in [0.15, 0.2) is 19.9 Å². The highest BCUT2D eigenvalue weighted by Crippen LogP contribution is 2.45. The lowest BCUT2D eigenvalue weighted by Crippen LogP contribution is -2.11. The summed E-state index contributed by atoms with van der Waals surface area (Å²) in [7, 11) is -2.23. The summed E-state index contributed by atoms with van der Waals surface area (Å²) in [6.45, 7) is 0. The van der Waals surface area contributed by atoms with Gasteiger partial charge in [0.25, 0.3) is 10.0 Å². The molecule has 0 fully saturated rings. The summed E-state index contributed by atoms with van der Waals surface area (Å²) in [5.74, 6) is 0.398. The molecule has 0 atom stereocenters. The van der Waals surface area contributed by atoms with Gasteiger partial charge in [0, 0.05) is 5.56 Å². The van der Waals surface area contributed by atoms with Crippen LogP contribution in [-0.2, 0) is 16.4 Å². The molecule has 2 rings (SSSR count). The van der Waals surface area contributed by atoms with Gasteiger partial charge in [0.05, 0.1) is 11.3 Å². The Hall–Kier alpha value is -0.500. The molecule has 0 amide bonds. The molecular weight excluding hydrogens is 254 g/mol. The van der Waals surface area contributed by atoms with Crippen molar-refractivity contribution in [2.45, 2.75) is 14.8 Å². The number of allylic oxidation sites excluding steroid dienone is 1. The maximum Gasteiger partial charge on any atom is 0.251 e. The van der Waals surface area contributed by atoms with Crippen LogP contribution >= 0.6 is 23.1 Å². The third kappa shape index (κ3) is 1.92. The molecule has 2 N–H and O–H groups in total. The summed E-state index contributed by atoms with van der Waals surface area (Å²) in [4.78, 5) is 0. The van der Waals surface area contributed by atoms with E-state index in [2.05, 4.69) is 0 Å². The second-order valence-electron chi connectivity index (χ2n) is 2.93. The molecule has 1 aromatic rings. The Balaban J connectivity index is 2.64. The zero-order valence-corrected chi connectivity index (χ0v) is 10.3. The lowest BCUT2D eigenvalue weighted by molar-refractivity contribution is 0.402. The Labute approximate surface area is 96.2 Å². The lowest BCUT2D eigenvalue weighted by atomic mass is 10.2.